The molecule has 1 aliphatic heterocycles. The summed E-state index contributed by atoms with van der Waals surface area (Å²) in [6, 6.07) is 24.0. The summed E-state index contributed by atoms with van der Waals surface area (Å²) in [6.45, 7) is 2.56. The molecule has 0 saturated carbocycles. The summed E-state index contributed by atoms with van der Waals surface area (Å²) < 4.78 is 12.0. The Hall–Kier alpha value is -2.78. The molecule has 3 aromatic carbocycles. The SMILES string of the molecule is Cc1ccc2c(c1)OC(c1cccc(OCc3ccccc3)c1)[C@H](O)C2. The Morgan fingerprint density at radius 3 is 2.69 bits per heavy atom. The van der Waals surface area contributed by atoms with Gasteiger partial charge in [-0.3, -0.25) is 0 Å². The second-order valence-corrected chi connectivity index (χ2v) is 6.77. The third kappa shape index (κ3) is 3.58. The van der Waals surface area contributed by atoms with Gasteiger partial charge in [0.25, 0.3) is 0 Å². The monoisotopic (exact) mass is 346 g/mol. The quantitative estimate of drug-likeness (QED) is 0.750. The van der Waals surface area contributed by atoms with Crippen LogP contribution < -0.4 is 9.47 Å². The van der Waals surface area contributed by atoms with Crippen molar-refractivity contribution in [2.45, 2.75) is 32.2 Å². The van der Waals surface area contributed by atoms with Crippen LogP contribution in [0.5, 0.6) is 11.5 Å². The van der Waals surface area contributed by atoms with E-state index in [1.807, 2.05) is 79.7 Å². The number of hydrogen-bond acceptors (Lipinski definition) is 3. The highest BCUT2D eigenvalue weighted by Crippen LogP contribution is 2.36. The van der Waals surface area contributed by atoms with Gasteiger partial charge in [-0.25, -0.2) is 0 Å². The third-order valence-corrected chi connectivity index (χ3v) is 4.69. The Morgan fingerprint density at radius 1 is 1.00 bits per heavy atom. The van der Waals surface area contributed by atoms with Gasteiger partial charge < -0.3 is 14.6 Å². The zero-order valence-corrected chi connectivity index (χ0v) is 14.8. The van der Waals surface area contributed by atoms with Gasteiger partial charge in [-0.2, -0.15) is 0 Å². The lowest BCUT2D eigenvalue weighted by molar-refractivity contribution is 0.0206. The maximum absolute atomic E-state index is 10.6. The van der Waals surface area contributed by atoms with Crippen molar-refractivity contribution in [3.8, 4) is 11.5 Å². The highest BCUT2D eigenvalue weighted by molar-refractivity contribution is 5.41. The van der Waals surface area contributed by atoms with Crippen LogP contribution in [0.15, 0.2) is 72.8 Å². The van der Waals surface area contributed by atoms with Crippen molar-refractivity contribution < 1.29 is 14.6 Å². The van der Waals surface area contributed by atoms with Gasteiger partial charge in [-0.1, -0.05) is 54.6 Å². The van der Waals surface area contributed by atoms with E-state index >= 15 is 0 Å². The lowest BCUT2D eigenvalue weighted by Gasteiger charge is -2.31. The fourth-order valence-corrected chi connectivity index (χ4v) is 3.30. The predicted octanol–water partition coefficient (Wildman–Crippen LogP) is 4.61. The maximum atomic E-state index is 10.6. The van der Waals surface area contributed by atoms with Crippen LogP contribution in [0.2, 0.25) is 0 Å². The zero-order valence-electron chi connectivity index (χ0n) is 14.8. The average molecular weight is 346 g/mol. The molecule has 1 N–H and O–H groups in total. The molecule has 26 heavy (non-hydrogen) atoms. The lowest BCUT2D eigenvalue weighted by atomic mass is 9.94. The summed E-state index contributed by atoms with van der Waals surface area (Å²) in [5.41, 5.74) is 4.25. The van der Waals surface area contributed by atoms with Crippen LogP contribution in [0.3, 0.4) is 0 Å². The summed E-state index contributed by atoms with van der Waals surface area (Å²) >= 11 is 0. The molecule has 0 amide bonds. The molecule has 3 heteroatoms. The fourth-order valence-electron chi connectivity index (χ4n) is 3.30. The van der Waals surface area contributed by atoms with Gasteiger partial charge >= 0.3 is 0 Å². The molecule has 0 radical (unpaired) electrons. The Bertz CT molecular complexity index is 889. The lowest BCUT2D eigenvalue weighted by Crippen LogP contribution is -2.30. The molecule has 0 aromatic heterocycles. The third-order valence-electron chi connectivity index (χ3n) is 4.69. The van der Waals surface area contributed by atoms with Gasteiger partial charge in [0.15, 0.2) is 0 Å². The second-order valence-electron chi connectivity index (χ2n) is 6.77. The van der Waals surface area contributed by atoms with E-state index in [2.05, 4.69) is 0 Å². The van der Waals surface area contributed by atoms with Crippen LogP contribution in [0.1, 0.15) is 28.4 Å². The van der Waals surface area contributed by atoms with Gasteiger partial charge in [0, 0.05) is 6.42 Å². The summed E-state index contributed by atoms with van der Waals surface area (Å²) in [6.07, 6.45) is -0.366. The minimum Gasteiger partial charge on any atom is -0.489 e. The van der Waals surface area contributed by atoms with Gasteiger partial charge in [0.05, 0.1) is 6.10 Å². The predicted molar refractivity (Wildman–Crippen MR) is 101 cm³/mol. The van der Waals surface area contributed by atoms with Crippen molar-refractivity contribution in [1.82, 2.24) is 0 Å². The van der Waals surface area contributed by atoms with Gasteiger partial charge in [0.2, 0.25) is 0 Å². The molecule has 1 aliphatic rings. The fraction of sp³-hybridized carbons (Fsp3) is 0.217. The Balaban J connectivity index is 1.52. The summed E-state index contributed by atoms with van der Waals surface area (Å²) in [5, 5.41) is 10.6. The van der Waals surface area contributed by atoms with E-state index in [1.165, 1.54) is 0 Å². The molecule has 4 rings (SSSR count). The average Bonchev–Trinajstić information content (AvgIpc) is 2.67. The first-order chi connectivity index (χ1) is 12.7. The molecule has 3 aromatic rings. The van der Waals surface area contributed by atoms with Crippen LogP contribution in [-0.4, -0.2) is 11.2 Å². The molecule has 3 nitrogen and oxygen atoms in total. The number of ether oxygens (including phenoxy) is 2. The minimum atomic E-state index is -0.574. The Kier molecular flexibility index (Phi) is 4.63. The minimum absolute atomic E-state index is 0.385. The molecule has 0 fully saturated rings. The van der Waals surface area contributed by atoms with E-state index in [1.54, 1.807) is 0 Å². The number of aryl methyl sites for hydroxylation is 1. The van der Waals surface area contributed by atoms with E-state index in [0.717, 1.165) is 33.8 Å². The van der Waals surface area contributed by atoms with Crippen molar-refractivity contribution in [1.29, 1.82) is 0 Å². The van der Waals surface area contributed by atoms with Crippen molar-refractivity contribution in [3.05, 3.63) is 95.1 Å². The van der Waals surface area contributed by atoms with Crippen LogP contribution in [0, 0.1) is 6.92 Å². The van der Waals surface area contributed by atoms with Crippen molar-refractivity contribution in [2.24, 2.45) is 0 Å². The Labute approximate surface area is 153 Å². The largest absolute Gasteiger partial charge is 0.489 e. The van der Waals surface area contributed by atoms with Gasteiger partial charge in [-0.15, -0.1) is 0 Å². The second kappa shape index (κ2) is 7.22. The topological polar surface area (TPSA) is 38.7 Å². The molecule has 132 valence electrons. The first kappa shape index (κ1) is 16.7. The van der Waals surface area contributed by atoms with Gasteiger partial charge in [0.1, 0.15) is 24.2 Å². The van der Waals surface area contributed by atoms with E-state index in [9.17, 15) is 5.11 Å². The summed E-state index contributed by atoms with van der Waals surface area (Å²) in [5.74, 6) is 1.63. The first-order valence-corrected chi connectivity index (χ1v) is 8.90. The van der Waals surface area contributed by atoms with Crippen LogP contribution in [0.25, 0.3) is 0 Å². The molecule has 0 aliphatic carbocycles. The number of fused-ring (bicyclic) bond motifs is 1. The van der Waals surface area contributed by atoms with Crippen molar-refractivity contribution in [3.63, 3.8) is 0 Å². The van der Waals surface area contributed by atoms with Crippen molar-refractivity contribution >= 4 is 0 Å². The van der Waals surface area contributed by atoms with E-state index < -0.39 is 6.10 Å². The summed E-state index contributed by atoms with van der Waals surface area (Å²) in [4.78, 5) is 0. The van der Waals surface area contributed by atoms with E-state index in [4.69, 9.17) is 9.47 Å². The van der Waals surface area contributed by atoms with Crippen LogP contribution in [0.4, 0.5) is 0 Å². The zero-order chi connectivity index (χ0) is 17.9. The van der Waals surface area contributed by atoms with Crippen LogP contribution >= 0.6 is 0 Å². The molecule has 0 spiro atoms. The van der Waals surface area contributed by atoms with E-state index in [-0.39, 0.29) is 6.10 Å². The molecular weight excluding hydrogens is 324 g/mol. The molecule has 2 atom stereocenters. The van der Waals surface area contributed by atoms with Crippen LogP contribution in [-0.2, 0) is 13.0 Å². The number of hydrogen-bond donors (Lipinski definition) is 1. The first-order valence-electron chi connectivity index (χ1n) is 8.90. The summed E-state index contributed by atoms with van der Waals surface area (Å²) in [7, 11) is 0. The van der Waals surface area contributed by atoms with Crippen molar-refractivity contribution in [2.75, 3.05) is 0 Å². The molecule has 1 unspecified atom stereocenters. The number of aliphatic hydroxyl groups is 1. The molecule has 1 heterocycles. The molecule has 0 saturated heterocycles. The smallest absolute Gasteiger partial charge is 0.150 e. The highest BCUT2D eigenvalue weighted by atomic mass is 16.5. The molecule has 0 bridgehead atoms. The number of aliphatic hydroxyl groups excluding tert-OH is 1. The molecular formula is C23H22O3. The maximum Gasteiger partial charge on any atom is 0.150 e. The van der Waals surface area contributed by atoms with E-state index in [0.29, 0.717) is 13.0 Å². The Morgan fingerprint density at radius 2 is 1.85 bits per heavy atom. The normalized spacial score (nSPS) is 18.7. The highest BCUT2D eigenvalue weighted by Gasteiger charge is 2.30. The van der Waals surface area contributed by atoms with Gasteiger partial charge in [-0.05, 0) is 47.4 Å². The number of benzene rings is 3. The number of rotatable bonds is 4. The standard InChI is InChI=1S/C23H22O3/c1-16-10-11-18-14-21(24)23(26-22(18)12-16)19-8-5-9-20(13-19)25-15-17-6-3-2-4-7-17/h2-13,21,23-24H,14-15H2,1H3/t21-,23?/m1/s1.